The summed E-state index contributed by atoms with van der Waals surface area (Å²) in [5.74, 6) is 0.816. The van der Waals surface area contributed by atoms with Crippen LogP contribution in [0.3, 0.4) is 0 Å². The van der Waals surface area contributed by atoms with Crippen molar-refractivity contribution < 1.29 is 13.2 Å². The monoisotopic (exact) mass is 361 g/mol. The molecule has 0 radical (unpaired) electrons. The van der Waals surface area contributed by atoms with Crippen molar-refractivity contribution in [2.45, 2.75) is 52.5 Å². The molecular weight excluding hydrogens is 334 g/mol. The number of para-hydroxylation sites is 1. The number of ether oxygens (including phenoxy) is 1. The predicted molar refractivity (Wildman–Crippen MR) is 102 cm³/mol. The topological polar surface area (TPSA) is 55.4 Å². The predicted octanol–water partition coefficient (Wildman–Crippen LogP) is 3.97. The first-order valence-electron chi connectivity index (χ1n) is 8.41. The summed E-state index contributed by atoms with van der Waals surface area (Å²) in [6.07, 6.45) is 0. The zero-order chi connectivity index (χ0) is 18.8. The summed E-state index contributed by atoms with van der Waals surface area (Å²) < 4.78 is 34.1. The molecule has 1 atom stereocenters. The first-order valence-corrected chi connectivity index (χ1v) is 9.89. The smallest absolute Gasteiger partial charge is 0.241 e. The third-order valence-electron chi connectivity index (χ3n) is 4.12. The highest BCUT2D eigenvalue weighted by Gasteiger charge is 2.22. The van der Waals surface area contributed by atoms with Crippen LogP contribution in [0.4, 0.5) is 0 Å². The molecule has 0 saturated heterocycles. The van der Waals surface area contributed by atoms with E-state index in [1.165, 1.54) is 0 Å². The minimum absolute atomic E-state index is 0.273. The molecule has 0 aromatic heterocycles. The second kappa shape index (κ2) is 7.58. The van der Waals surface area contributed by atoms with Gasteiger partial charge in [-0.2, -0.15) is 0 Å². The van der Waals surface area contributed by atoms with Gasteiger partial charge in [0.1, 0.15) is 12.4 Å². The quantitative estimate of drug-likeness (QED) is 0.847. The average molecular weight is 362 g/mol. The van der Waals surface area contributed by atoms with Crippen molar-refractivity contribution in [1.29, 1.82) is 0 Å². The van der Waals surface area contributed by atoms with Crippen LogP contribution < -0.4 is 9.46 Å². The van der Waals surface area contributed by atoms with Crippen molar-refractivity contribution in [3.8, 4) is 5.75 Å². The fourth-order valence-electron chi connectivity index (χ4n) is 3.18. The zero-order valence-electron chi connectivity index (χ0n) is 15.8. The van der Waals surface area contributed by atoms with E-state index in [4.69, 9.17) is 4.74 Å². The average Bonchev–Trinajstić information content (AvgIpc) is 2.44. The van der Waals surface area contributed by atoms with Crippen LogP contribution in [0.25, 0.3) is 0 Å². The van der Waals surface area contributed by atoms with Gasteiger partial charge in [-0.1, -0.05) is 35.9 Å². The largest absolute Gasteiger partial charge is 0.491 e. The number of rotatable bonds is 6. The number of benzene rings is 2. The van der Waals surface area contributed by atoms with Gasteiger partial charge in [-0.3, -0.25) is 0 Å². The van der Waals surface area contributed by atoms with E-state index in [0.29, 0.717) is 4.90 Å². The van der Waals surface area contributed by atoms with Crippen LogP contribution in [0.5, 0.6) is 5.75 Å². The van der Waals surface area contributed by atoms with E-state index in [-0.39, 0.29) is 12.6 Å². The summed E-state index contributed by atoms with van der Waals surface area (Å²) in [6.45, 7) is 11.7. The molecule has 0 unspecified atom stereocenters. The van der Waals surface area contributed by atoms with Gasteiger partial charge in [0.05, 0.1) is 10.9 Å². The lowest BCUT2D eigenvalue weighted by Crippen LogP contribution is -2.37. The van der Waals surface area contributed by atoms with Crippen molar-refractivity contribution in [2.24, 2.45) is 0 Å². The Labute approximate surface area is 151 Å². The third kappa shape index (κ3) is 4.61. The van der Waals surface area contributed by atoms with Gasteiger partial charge in [-0.05, 0) is 63.8 Å². The van der Waals surface area contributed by atoms with Crippen molar-refractivity contribution in [1.82, 2.24) is 4.72 Å². The maximum Gasteiger partial charge on any atom is 0.241 e. The standard InChI is InChI=1S/C20H27NO3S/c1-13-10-16(4)20(17(5)11-13)25(22,23)21-18(6)12-24-19-14(2)8-7-9-15(19)3/h7-11,18,21H,12H2,1-6H3/t18-/m0/s1. The van der Waals surface area contributed by atoms with Crippen molar-refractivity contribution in [3.05, 3.63) is 58.1 Å². The second-order valence-corrected chi connectivity index (χ2v) is 8.43. The lowest BCUT2D eigenvalue weighted by atomic mass is 10.1. The van der Waals surface area contributed by atoms with Crippen LogP contribution in [0.15, 0.2) is 35.2 Å². The maximum absolute atomic E-state index is 12.8. The molecule has 0 bridgehead atoms. The Hall–Kier alpha value is -1.85. The van der Waals surface area contributed by atoms with Crippen LogP contribution in [-0.2, 0) is 10.0 Å². The highest BCUT2D eigenvalue weighted by Crippen LogP contribution is 2.24. The van der Waals surface area contributed by atoms with Gasteiger partial charge in [0, 0.05) is 0 Å². The number of hydrogen-bond acceptors (Lipinski definition) is 3. The normalized spacial score (nSPS) is 12.9. The minimum Gasteiger partial charge on any atom is -0.491 e. The fourth-order valence-corrected chi connectivity index (χ4v) is 4.86. The highest BCUT2D eigenvalue weighted by molar-refractivity contribution is 7.89. The molecule has 2 aromatic rings. The first-order chi connectivity index (χ1) is 11.6. The van der Waals surface area contributed by atoms with Crippen molar-refractivity contribution in [3.63, 3.8) is 0 Å². The summed E-state index contributed by atoms with van der Waals surface area (Å²) in [6, 6.07) is 9.38. The molecule has 4 nitrogen and oxygen atoms in total. The fraction of sp³-hybridized carbons (Fsp3) is 0.400. The number of sulfonamides is 1. The molecule has 136 valence electrons. The lowest BCUT2D eigenvalue weighted by molar-refractivity contribution is 0.284. The van der Waals surface area contributed by atoms with Crippen molar-refractivity contribution in [2.75, 3.05) is 6.61 Å². The van der Waals surface area contributed by atoms with E-state index in [2.05, 4.69) is 4.72 Å². The lowest BCUT2D eigenvalue weighted by Gasteiger charge is -2.19. The van der Waals surface area contributed by atoms with Crippen LogP contribution in [0, 0.1) is 34.6 Å². The van der Waals surface area contributed by atoms with Crippen LogP contribution in [0.1, 0.15) is 34.7 Å². The molecule has 0 fully saturated rings. The molecule has 0 heterocycles. The molecule has 5 heteroatoms. The van der Waals surface area contributed by atoms with E-state index in [9.17, 15) is 8.42 Å². The second-order valence-electron chi connectivity index (χ2n) is 6.78. The van der Waals surface area contributed by atoms with Gasteiger partial charge < -0.3 is 4.74 Å². The first kappa shape index (κ1) is 19.5. The van der Waals surface area contributed by atoms with Crippen LogP contribution in [0.2, 0.25) is 0 Å². The van der Waals surface area contributed by atoms with E-state index in [0.717, 1.165) is 33.6 Å². The van der Waals surface area contributed by atoms with Gasteiger partial charge in [-0.25, -0.2) is 13.1 Å². The molecule has 0 aliphatic carbocycles. The molecule has 0 amide bonds. The molecule has 2 rings (SSSR count). The van der Waals surface area contributed by atoms with Gasteiger partial charge in [0.2, 0.25) is 10.0 Å². The highest BCUT2D eigenvalue weighted by atomic mass is 32.2. The number of nitrogens with one attached hydrogen (secondary N) is 1. The summed E-state index contributed by atoms with van der Waals surface area (Å²) >= 11 is 0. The molecule has 0 aliphatic rings. The van der Waals surface area contributed by atoms with E-state index >= 15 is 0 Å². The SMILES string of the molecule is Cc1cc(C)c(S(=O)(=O)N[C@@H](C)COc2c(C)cccc2C)c(C)c1. The van der Waals surface area contributed by atoms with Gasteiger partial charge in [-0.15, -0.1) is 0 Å². The summed E-state index contributed by atoms with van der Waals surface area (Å²) in [5.41, 5.74) is 4.65. The molecule has 0 saturated carbocycles. The summed E-state index contributed by atoms with van der Waals surface area (Å²) in [7, 11) is -3.59. The maximum atomic E-state index is 12.8. The molecule has 0 aliphatic heterocycles. The Morgan fingerprint density at radius 3 is 2.00 bits per heavy atom. The molecule has 1 N–H and O–H groups in total. The van der Waals surface area contributed by atoms with Crippen LogP contribution in [-0.4, -0.2) is 21.1 Å². The molecular formula is C20H27NO3S. The zero-order valence-corrected chi connectivity index (χ0v) is 16.6. The molecule has 25 heavy (non-hydrogen) atoms. The Morgan fingerprint density at radius 2 is 1.48 bits per heavy atom. The van der Waals surface area contributed by atoms with E-state index in [1.807, 2.05) is 71.9 Å². The summed E-state index contributed by atoms with van der Waals surface area (Å²) in [4.78, 5) is 0.358. The van der Waals surface area contributed by atoms with Gasteiger partial charge in [0.25, 0.3) is 0 Å². The molecule has 2 aromatic carbocycles. The van der Waals surface area contributed by atoms with Crippen molar-refractivity contribution >= 4 is 10.0 Å². The number of hydrogen-bond donors (Lipinski definition) is 1. The number of aryl methyl sites for hydroxylation is 5. The third-order valence-corrected chi connectivity index (χ3v) is 6.01. The van der Waals surface area contributed by atoms with Gasteiger partial charge in [0.15, 0.2) is 0 Å². The molecule has 0 spiro atoms. The Morgan fingerprint density at radius 1 is 0.960 bits per heavy atom. The van der Waals surface area contributed by atoms with E-state index in [1.54, 1.807) is 0 Å². The Kier molecular flexibility index (Phi) is 5.91. The van der Waals surface area contributed by atoms with E-state index < -0.39 is 10.0 Å². The summed E-state index contributed by atoms with van der Waals surface area (Å²) in [5, 5.41) is 0. The Bertz CT molecular complexity index is 829. The Balaban J connectivity index is 2.13. The van der Waals surface area contributed by atoms with Crippen LogP contribution >= 0.6 is 0 Å². The minimum atomic E-state index is -3.59. The van der Waals surface area contributed by atoms with Gasteiger partial charge >= 0.3 is 0 Å².